The van der Waals surface area contributed by atoms with Crippen molar-refractivity contribution in [3.8, 4) is 0 Å². The summed E-state index contributed by atoms with van der Waals surface area (Å²) in [5.74, 6) is -1.34. The maximum atomic E-state index is 10.5. The van der Waals surface area contributed by atoms with E-state index in [0.717, 1.165) is 0 Å². The molecule has 0 aliphatic carbocycles. The molecule has 0 radical (unpaired) electrons. The van der Waals surface area contributed by atoms with E-state index in [2.05, 4.69) is 8.06 Å². The van der Waals surface area contributed by atoms with Crippen molar-refractivity contribution >= 4 is 42.5 Å². The summed E-state index contributed by atoms with van der Waals surface area (Å²) in [5.41, 5.74) is 0. The first kappa shape index (κ1) is 8.43. The van der Waals surface area contributed by atoms with Gasteiger partial charge in [-0.25, -0.2) is 0 Å². The number of hydrogen-bond acceptors (Lipinski definition) is 6. The second-order valence-electron chi connectivity index (χ2n) is 1.68. The second-order valence-corrected chi connectivity index (χ2v) is 6.81. The first-order valence-electron chi connectivity index (χ1n) is 2.70. The molecular weight excluding hydrogens is 348 g/mol. The monoisotopic (exact) mass is 352 g/mol. The molecule has 1 heterocycles. The molecule has 0 aromatic heterocycles. The molecule has 0 N–H and O–H groups in total. The van der Waals surface area contributed by atoms with Crippen molar-refractivity contribution in [3.63, 3.8) is 0 Å². The summed E-state index contributed by atoms with van der Waals surface area (Å²) in [6, 6.07) is 0. The topological polar surface area (TPSA) is 78.9 Å². The first-order chi connectivity index (χ1) is 5.22. The molecule has 1 aliphatic heterocycles. The molecule has 0 atom stereocenters. The van der Waals surface area contributed by atoms with Gasteiger partial charge in [-0.2, -0.15) is 0 Å². The molecule has 1 fully saturated rings. The van der Waals surface area contributed by atoms with Gasteiger partial charge in [-0.05, 0) is 0 Å². The standard InChI is InChI=1S/C3H4O4.CH2O2.Tl/c4-2(5)1-3(6)7;2-1-3;/h1H2,(H,4,5)(H,6,7);1H,(H,2,3);/q;;+3/p-3. The third-order valence-corrected chi connectivity index (χ3v) is 5.75. The molecule has 1 aliphatic rings. The van der Waals surface area contributed by atoms with Crippen molar-refractivity contribution in [2.75, 3.05) is 0 Å². The summed E-state index contributed by atoms with van der Waals surface area (Å²) < 4.78 is 13.2. The maximum absolute atomic E-state index is 10.5. The molecule has 0 spiro atoms. The second kappa shape index (κ2) is 3.64. The van der Waals surface area contributed by atoms with Crippen LogP contribution in [-0.2, 0) is 22.4 Å². The Hall–Kier alpha value is -0.668. The number of carbonyl (C=O) groups is 3. The normalized spacial score (nSPS) is 16.9. The molecular formula is C4H3O6Tl. The van der Waals surface area contributed by atoms with Crippen LogP contribution in [0.3, 0.4) is 0 Å². The van der Waals surface area contributed by atoms with Crippen LogP contribution in [0.1, 0.15) is 6.42 Å². The fraction of sp³-hybridized carbons (Fsp3) is 0.250. The van der Waals surface area contributed by atoms with Crippen molar-refractivity contribution in [3.05, 3.63) is 0 Å². The molecule has 0 saturated carbocycles. The van der Waals surface area contributed by atoms with E-state index >= 15 is 0 Å². The molecule has 0 aromatic carbocycles. The minimum atomic E-state index is -3.59. The Labute approximate surface area is 71.5 Å². The van der Waals surface area contributed by atoms with Gasteiger partial charge in [0, 0.05) is 0 Å². The van der Waals surface area contributed by atoms with Gasteiger partial charge in [0.25, 0.3) is 0 Å². The summed E-state index contributed by atoms with van der Waals surface area (Å²) in [7, 11) is 0. The Morgan fingerprint density at radius 3 is 2.36 bits per heavy atom. The SMILES string of the molecule is O=C[O][Tl]1[O]C(=O)CC(=O)[O]1. The van der Waals surface area contributed by atoms with E-state index in [0.29, 0.717) is 0 Å². The van der Waals surface area contributed by atoms with Gasteiger partial charge < -0.3 is 0 Å². The van der Waals surface area contributed by atoms with Crippen molar-refractivity contribution in [1.29, 1.82) is 0 Å². The zero-order chi connectivity index (χ0) is 8.27. The average Bonchev–Trinajstić information content (AvgIpc) is 1.85. The van der Waals surface area contributed by atoms with Gasteiger partial charge in [0.2, 0.25) is 0 Å². The third kappa shape index (κ3) is 2.44. The van der Waals surface area contributed by atoms with Crippen molar-refractivity contribution in [1.82, 2.24) is 0 Å². The Kier molecular flexibility index (Phi) is 2.79. The van der Waals surface area contributed by atoms with Crippen LogP contribution in [0.4, 0.5) is 0 Å². The molecule has 0 bridgehead atoms. The average molecular weight is 351 g/mol. The Bertz CT molecular complexity index is 185. The number of hydrogen-bond donors (Lipinski definition) is 0. The summed E-state index contributed by atoms with van der Waals surface area (Å²) in [5, 5.41) is 0. The van der Waals surface area contributed by atoms with Crippen LogP contribution < -0.4 is 0 Å². The molecule has 7 heteroatoms. The predicted octanol–water partition coefficient (Wildman–Crippen LogP) is -1.37. The van der Waals surface area contributed by atoms with Crippen molar-refractivity contribution in [2.24, 2.45) is 0 Å². The van der Waals surface area contributed by atoms with Crippen LogP contribution in [0, 0.1) is 0 Å². The molecule has 11 heavy (non-hydrogen) atoms. The Morgan fingerprint density at radius 1 is 1.36 bits per heavy atom. The van der Waals surface area contributed by atoms with Gasteiger partial charge in [-0.1, -0.05) is 0 Å². The van der Waals surface area contributed by atoms with E-state index in [-0.39, 0.29) is 6.47 Å². The molecule has 6 nitrogen and oxygen atoms in total. The fourth-order valence-corrected chi connectivity index (χ4v) is 3.83. The Balaban J connectivity index is 2.49. The van der Waals surface area contributed by atoms with Gasteiger partial charge in [0.05, 0.1) is 0 Å². The number of rotatable bonds is 2. The Morgan fingerprint density at radius 2 is 1.91 bits per heavy atom. The van der Waals surface area contributed by atoms with E-state index < -0.39 is 42.4 Å². The molecule has 0 aromatic rings. The molecule has 1 saturated heterocycles. The zero-order valence-corrected chi connectivity index (χ0v) is 9.80. The predicted molar refractivity (Wildman–Crippen MR) is 29.7 cm³/mol. The van der Waals surface area contributed by atoms with E-state index in [1.165, 1.54) is 0 Å². The molecule has 0 unspecified atom stereocenters. The van der Waals surface area contributed by atoms with E-state index in [4.69, 9.17) is 0 Å². The first-order valence-corrected chi connectivity index (χ1v) is 8.20. The van der Waals surface area contributed by atoms with Crippen LogP contribution in [0.5, 0.6) is 0 Å². The minimum absolute atomic E-state index is 0.123. The summed E-state index contributed by atoms with van der Waals surface area (Å²) in [4.78, 5) is 30.7. The van der Waals surface area contributed by atoms with E-state index in [9.17, 15) is 14.4 Å². The third-order valence-electron chi connectivity index (χ3n) is 0.911. The van der Waals surface area contributed by atoms with Crippen molar-refractivity contribution < 1.29 is 22.4 Å². The van der Waals surface area contributed by atoms with Gasteiger partial charge in [-0.3, -0.25) is 0 Å². The van der Waals surface area contributed by atoms with Crippen molar-refractivity contribution in [2.45, 2.75) is 6.42 Å². The van der Waals surface area contributed by atoms with Crippen LogP contribution in [0.25, 0.3) is 0 Å². The van der Waals surface area contributed by atoms with Crippen LogP contribution in [-0.4, -0.2) is 42.5 Å². The quantitative estimate of drug-likeness (QED) is 0.347. The zero-order valence-electron chi connectivity index (χ0n) is 5.31. The van der Waals surface area contributed by atoms with Gasteiger partial charge in [0.15, 0.2) is 0 Å². The molecule has 0 amide bonds. The van der Waals surface area contributed by atoms with Gasteiger partial charge in [-0.15, -0.1) is 0 Å². The summed E-state index contributed by atoms with van der Waals surface area (Å²) in [6.07, 6.45) is -0.390. The van der Waals surface area contributed by atoms with E-state index in [1.807, 2.05) is 0 Å². The van der Waals surface area contributed by atoms with E-state index in [1.54, 1.807) is 0 Å². The summed E-state index contributed by atoms with van der Waals surface area (Å²) in [6.45, 7) is 0.123. The van der Waals surface area contributed by atoms with Crippen LogP contribution >= 0.6 is 0 Å². The van der Waals surface area contributed by atoms with Crippen LogP contribution in [0.2, 0.25) is 0 Å². The van der Waals surface area contributed by atoms with Gasteiger partial charge in [0.1, 0.15) is 0 Å². The molecule has 1 rings (SSSR count). The van der Waals surface area contributed by atoms with Gasteiger partial charge >= 0.3 is 71.3 Å². The molecule has 58 valence electrons. The number of carbonyl (C=O) groups excluding carboxylic acids is 3. The fourth-order valence-electron chi connectivity index (χ4n) is 0.541. The summed E-state index contributed by atoms with van der Waals surface area (Å²) >= 11 is -3.59. The van der Waals surface area contributed by atoms with Crippen LogP contribution in [0.15, 0.2) is 0 Å².